The molecular formula is C55H60O10. The molecule has 10 atom stereocenters. The molecule has 2 aliphatic rings. The number of hydrogen-bond acceptors (Lipinski definition) is 10. The van der Waals surface area contributed by atoms with Gasteiger partial charge in [0, 0.05) is 0 Å². The van der Waals surface area contributed by atoms with E-state index in [4.69, 9.17) is 42.6 Å². The van der Waals surface area contributed by atoms with Crippen molar-refractivity contribution < 1.29 is 47.7 Å². The van der Waals surface area contributed by atoms with E-state index < -0.39 is 61.2 Å². The molecule has 0 amide bonds. The maximum Gasteiger partial charge on any atom is 0.187 e. The van der Waals surface area contributed by atoms with E-state index in [0.717, 1.165) is 33.4 Å². The first-order valence-corrected chi connectivity index (χ1v) is 22.6. The normalized spacial score (nSPS) is 25.6. The summed E-state index contributed by atoms with van der Waals surface area (Å²) in [5.41, 5.74) is 5.94. The maximum absolute atomic E-state index is 10.9. The van der Waals surface area contributed by atoms with Gasteiger partial charge in [-0.15, -0.1) is 0 Å². The van der Waals surface area contributed by atoms with Crippen molar-refractivity contribution in [3.63, 3.8) is 0 Å². The number of rotatable bonds is 22. The van der Waals surface area contributed by atoms with Crippen LogP contribution in [-0.4, -0.2) is 79.5 Å². The standard InChI is InChI=1S/C55H60O10/c1-40-49(58-34-42-22-10-3-11-23-42)53(50(47(32-56)63-40)59-35-43-24-12-4-13-25-43)65-55-54(62-38-46-30-18-7-19-31-46)52(61-37-45-28-16-6-17-29-45)51(60-36-44-26-14-5-15-27-44)48(64-55)39-57-33-41-20-8-2-9-21-41/h2-31,40,47-56H,32-39H2,1H3/t40-,47?,48?,49?,50-,51+,52?,53-,54?,55-/m1/s1. The monoisotopic (exact) mass is 880 g/mol. The molecule has 0 aromatic heterocycles. The molecule has 2 aliphatic heterocycles. The first-order valence-electron chi connectivity index (χ1n) is 22.6. The van der Waals surface area contributed by atoms with E-state index in [0.29, 0.717) is 19.8 Å². The molecule has 5 unspecified atom stereocenters. The van der Waals surface area contributed by atoms with Gasteiger partial charge >= 0.3 is 0 Å². The Morgan fingerprint density at radius 3 is 1.11 bits per heavy atom. The number of aliphatic hydroxyl groups is 1. The van der Waals surface area contributed by atoms with E-state index in [9.17, 15) is 5.11 Å². The molecule has 2 saturated heterocycles. The van der Waals surface area contributed by atoms with Crippen molar-refractivity contribution in [1.82, 2.24) is 0 Å². The highest BCUT2D eigenvalue weighted by Crippen LogP contribution is 2.36. The van der Waals surface area contributed by atoms with Gasteiger partial charge in [0.25, 0.3) is 0 Å². The molecule has 6 aromatic rings. The topological polar surface area (TPSA) is 103 Å². The van der Waals surface area contributed by atoms with Crippen LogP contribution < -0.4 is 0 Å². The summed E-state index contributed by atoms with van der Waals surface area (Å²) in [5.74, 6) is 0. The zero-order valence-corrected chi connectivity index (χ0v) is 36.9. The van der Waals surface area contributed by atoms with E-state index in [1.165, 1.54) is 0 Å². The van der Waals surface area contributed by atoms with Gasteiger partial charge in [-0.2, -0.15) is 0 Å². The average molecular weight is 881 g/mol. The second kappa shape index (κ2) is 24.4. The highest BCUT2D eigenvalue weighted by molar-refractivity contribution is 5.18. The van der Waals surface area contributed by atoms with Crippen LogP contribution in [-0.2, 0) is 82.3 Å². The van der Waals surface area contributed by atoms with Crippen molar-refractivity contribution >= 4 is 0 Å². The first-order chi connectivity index (χ1) is 32.1. The lowest BCUT2D eigenvalue weighted by molar-refractivity contribution is -0.362. The summed E-state index contributed by atoms with van der Waals surface area (Å²) in [7, 11) is 0. The van der Waals surface area contributed by atoms with Crippen LogP contribution in [0.25, 0.3) is 0 Å². The fraction of sp³-hybridized carbons (Fsp3) is 0.345. The van der Waals surface area contributed by atoms with Crippen LogP contribution in [0.1, 0.15) is 40.3 Å². The lowest BCUT2D eigenvalue weighted by atomic mass is 9.93. The van der Waals surface area contributed by atoms with E-state index in [-0.39, 0.29) is 33.0 Å². The summed E-state index contributed by atoms with van der Waals surface area (Å²) in [6.45, 7) is 3.52. The quantitative estimate of drug-likeness (QED) is 0.0711. The van der Waals surface area contributed by atoms with Gasteiger partial charge < -0.3 is 47.7 Å². The molecule has 10 heteroatoms. The minimum atomic E-state index is -1.05. The lowest BCUT2D eigenvalue weighted by Crippen LogP contribution is -2.66. The highest BCUT2D eigenvalue weighted by atomic mass is 16.7. The Bertz CT molecular complexity index is 2200. The van der Waals surface area contributed by atoms with Gasteiger partial charge in [0.15, 0.2) is 6.29 Å². The van der Waals surface area contributed by atoms with Gasteiger partial charge in [-0.3, -0.25) is 0 Å². The largest absolute Gasteiger partial charge is 0.394 e. The zero-order chi connectivity index (χ0) is 44.5. The van der Waals surface area contributed by atoms with E-state index in [1.807, 2.05) is 189 Å². The summed E-state index contributed by atoms with van der Waals surface area (Å²) >= 11 is 0. The molecule has 0 spiro atoms. The van der Waals surface area contributed by atoms with Crippen LogP contribution in [0.15, 0.2) is 182 Å². The van der Waals surface area contributed by atoms with E-state index >= 15 is 0 Å². The molecule has 0 aliphatic carbocycles. The number of ether oxygens (including phenoxy) is 9. The molecule has 65 heavy (non-hydrogen) atoms. The summed E-state index contributed by atoms with van der Waals surface area (Å²) in [5, 5.41) is 10.9. The molecule has 0 saturated carbocycles. The molecule has 2 fully saturated rings. The summed E-state index contributed by atoms with van der Waals surface area (Å²) < 4.78 is 61.9. The van der Waals surface area contributed by atoms with Crippen molar-refractivity contribution in [2.24, 2.45) is 0 Å². The predicted octanol–water partition coefficient (Wildman–Crippen LogP) is 9.02. The van der Waals surface area contributed by atoms with Gasteiger partial charge in [0.2, 0.25) is 0 Å². The Kier molecular flexibility index (Phi) is 17.5. The van der Waals surface area contributed by atoms with Gasteiger partial charge in [-0.25, -0.2) is 0 Å². The third-order valence-corrected chi connectivity index (χ3v) is 11.7. The molecule has 0 radical (unpaired) electrons. The van der Waals surface area contributed by atoms with Crippen LogP contribution in [0, 0.1) is 0 Å². The molecular weight excluding hydrogens is 821 g/mol. The second-order valence-corrected chi connectivity index (χ2v) is 16.5. The fourth-order valence-electron chi connectivity index (χ4n) is 8.38. The molecule has 340 valence electrons. The van der Waals surface area contributed by atoms with Gasteiger partial charge in [-0.1, -0.05) is 182 Å². The van der Waals surface area contributed by atoms with Crippen molar-refractivity contribution in [2.45, 2.75) is 108 Å². The molecule has 6 aromatic carbocycles. The van der Waals surface area contributed by atoms with Crippen molar-refractivity contribution in [2.75, 3.05) is 13.2 Å². The average Bonchev–Trinajstić information content (AvgIpc) is 3.36. The van der Waals surface area contributed by atoms with E-state index in [2.05, 4.69) is 0 Å². The van der Waals surface area contributed by atoms with Crippen molar-refractivity contribution in [1.29, 1.82) is 0 Å². The second-order valence-electron chi connectivity index (χ2n) is 16.5. The third-order valence-electron chi connectivity index (χ3n) is 11.7. The summed E-state index contributed by atoms with van der Waals surface area (Å²) in [6.07, 6.45) is -7.42. The smallest absolute Gasteiger partial charge is 0.187 e. The molecule has 1 N–H and O–H groups in total. The van der Waals surface area contributed by atoms with Crippen LogP contribution in [0.3, 0.4) is 0 Å². The molecule has 0 bridgehead atoms. The molecule has 10 nitrogen and oxygen atoms in total. The predicted molar refractivity (Wildman–Crippen MR) is 246 cm³/mol. The van der Waals surface area contributed by atoms with Crippen LogP contribution in [0.5, 0.6) is 0 Å². The minimum absolute atomic E-state index is 0.163. The Morgan fingerprint density at radius 1 is 0.369 bits per heavy atom. The summed E-state index contributed by atoms with van der Waals surface area (Å²) in [4.78, 5) is 0. The number of hydrogen-bond donors (Lipinski definition) is 1. The SMILES string of the molecule is C[C@H]1OC(CO)[C@@H](OCc2ccccc2)[C@H](O[C@H]2OC(COCc3ccccc3)[C@H](OCc3ccccc3)C(OCc3ccccc3)C2OCc2ccccc2)C1OCc1ccccc1. The Hall–Kier alpha value is -5.08. The third kappa shape index (κ3) is 13.3. The molecule has 2 heterocycles. The van der Waals surface area contributed by atoms with Gasteiger partial charge in [-0.05, 0) is 40.3 Å². The maximum atomic E-state index is 10.9. The van der Waals surface area contributed by atoms with Crippen LogP contribution >= 0.6 is 0 Å². The first kappa shape index (κ1) is 46.4. The Balaban J connectivity index is 1.17. The van der Waals surface area contributed by atoms with Crippen molar-refractivity contribution in [3.8, 4) is 0 Å². The van der Waals surface area contributed by atoms with E-state index in [1.54, 1.807) is 0 Å². The summed E-state index contributed by atoms with van der Waals surface area (Å²) in [6, 6.07) is 60.0. The fourth-order valence-corrected chi connectivity index (χ4v) is 8.38. The highest BCUT2D eigenvalue weighted by Gasteiger charge is 2.53. The van der Waals surface area contributed by atoms with Gasteiger partial charge in [0.1, 0.15) is 48.8 Å². The minimum Gasteiger partial charge on any atom is -0.394 e. The Morgan fingerprint density at radius 2 is 0.708 bits per heavy atom. The zero-order valence-electron chi connectivity index (χ0n) is 36.9. The number of benzene rings is 6. The lowest BCUT2D eigenvalue weighted by Gasteiger charge is -2.50. The van der Waals surface area contributed by atoms with Crippen LogP contribution in [0.4, 0.5) is 0 Å². The van der Waals surface area contributed by atoms with Crippen LogP contribution in [0.2, 0.25) is 0 Å². The van der Waals surface area contributed by atoms with Crippen molar-refractivity contribution in [3.05, 3.63) is 215 Å². The Labute approximate surface area is 382 Å². The van der Waals surface area contributed by atoms with Gasteiger partial charge in [0.05, 0.1) is 59.0 Å². The molecule has 8 rings (SSSR count). The number of aliphatic hydroxyl groups excluding tert-OH is 1.